The number of alkyl halides is 1. The van der Waals surface area contributed by atoms with Crippen LogP contribution < -0.4 is 5.32 Å². The van der Waals surface area contributed by atoms with Gasteiger partial charge in [-0.15, -0.1) is 10.2 Å². The third-order valence-corrected chi connectivity index (χ3v) is 2.79. The van der Waals surface area contributed by atoms with Gasteiger partial charge < -0.3 is 5.32 Å². The SMILES string of the molecule is CCCc1nnc(NC(=O)CCBr)s1. The maximum Gasteiger partial charge on any atom is 0.227 e. The van der Waals surface area contributed by atoms with Gasteiger partial charge in [0.1, 0.15) is 5.01 Å². The first-order valence-corrected chi connectivity index (χ1v) is 6.38. The van der Waals surface area contributed by atoms with Crippen LogP contribution in [0, 0.1) is 0 Å². The summed E-state index contributed by atoms with van der Waals surface area (Å²) >= 11 is 4.64. The van der Waals surface area contributed by atoms with Gasteiger partial charge in [-0.2, -0.15) is 0 Å². The minimum atomic E-state index is -0.0268. The quantitative estimate of drug-likeness (QED) is 0.840. The van der Waals surface area contributed by atoms with Crippen molar-refractivity contribution in [1.82, 2.24) is 10.2 Å². The van der Waals surface area contributed by atoms with Gasteiger partial charge in [-0.05, 0) is 6.42 Å². The smallest absolute Gasteiger partial charge is 0.227 e. The average molecular weight is 278 g/mol. The van der Waals surface area contributed by atoms with E-state index in [0.717, 1.165) is 17.8 Å². The van der Waals surface area contributed by atoms with Crippen molar-refractivity contribution in [2.24, 2.45) is 0 Å². The zero-order valence-corrected chi connectivity index (χ0v) is 10.3. The number of hydrogen-bond acceptors (Lipinski definition) is 4. The van der Waals surface area contributed by atoms with Crippen LogP contribution in [0.1, 0.15) is 24.8 Å². The number of aromatic nitrogens is 2. The Labute approximate surface area is 95.2 Å². The maximum absolute atomic E-state index is 11.2. The zero-order chi connectivity index (χ0) is 10.4. The van der Waals surface area contributed by atoms with Crippen molar-refractivity contribution in [3.05, 3.63) is 5.01 Å². The van der Waals surface area contributed by atoms with Crippen LogP contribution >= 0.6 is 27.3 Å². The fraction of sp³-hybridized carbons (Fsp3) is 0.625. The lowest BCUT2D eigenvalue weighted by molar-refractivity contribution is -0.115. The summed E-state index contributed by atoms with van der Waals surface area (Å²) in [7, 11) is 0. The van der Waals surface area contributed by atoms with E-state index in [-0.39, 0.29) is 5.91 Å². The molecule has 0 spiro atoms. The van der Waals surface area contributed by atoms with E-state index in [0.29, 0.717) is 16.9 Å². The van der Waals surface area contributed by atoms with Gasteiger partial charge in [0.05, 0.1) is 0 Å². The van der Waals surface area contributed by atoms with Gasteiger partial charge in [-0.3, -0.25) is 4.79 Å². The molecule has 4 nitrogen and oxygen atoms in total. The molecule has 0 aliphatic heterocycles. The standard InChI is InChI=1S/C8H12BrN3OS/c1-2-3-7-11-12-8(14-7)10-6(13)4-5-9/h2-5H2,1H3,(H,10,12,13). The Kier molecular flexibility index (Phi) is 5.03. The zero-order valence-electron chi connectivity index (χ0n) is 7.92. The molecule has 0 atom stereocenters. The molecule has 0 saturated carbocycles. The molecule has 78 valence electrons. The highest BCUT2D eigenvalue weighted by molar-refractivity contribution is 9.09. The number of hydrogen-bond donors (Lipinski definition) is 1. The molecule has 1 rings (SSSR count). The third-order valence-electron chi connectivity index (χ3n) is 1.50. The lowest BCUT2D eigenvalue weighted by atomic mass is 10.4. The van der Waals surface area contributed by atoms with Crippen molar-refractivity contribution in [3.63, 3.8) is 0 Å². The molecule has 0 unspecified atom stereocenters. The van der Waals surface area contributed by atoms with Crippen LogP contribution in [0.2, 0.25) is 0 Å². The van der Waals surface area contributed by atoms with Gasteiger partial charge in [0.2, 0.25) is 11.0 Å². The van der Waals surface area contributed by atoms with E-state index in [9.17, 15) is 4.79 Å². The number of amides is 1. The summed E-state index contributed by atoms with van der Waals surface area (Å²) in [6.07, 6.45) is 2.43. The second kappa shape index (κ2) is 6.08. The van der Waals surface area contributed by atoms with Crippen molar-refractivity contribution < 1.29 is 4.79 Å². The number of carbonyl (C=O) groups excluding carboxylic acids is 1. The van der Waals surface area contributed by atoms with E-state index < -0.39 is 0 Å². The molecule has 1 amide bonds. The highest BCUT2D eigenvalue weighted by Gasteiger charge is 2.06. The van der Waals surface area contributed by atoms with Crippen LogP contribution in [0.15, 0.2) is 0 Å². The van der Waals surface area contributed by atoms with Crippen molar-refractivity contribution in [2.45, 2.75) is 26.2 Å². The van der Waals surface area contributed by atoms with E-state index in [2.05, 4.69) is 38.4 Å². The number of anilines is 1. The highest BCUT2D eigenvalue weighted by atomic mass is 79.9. The molecule has 0 aromatic carbocycles. The number of nitrogens with one attached hydrogen (secondary N) is 1. The van der Waals surface area contributed by atoms with Gasteiger partial charge in [0, 0.05) is 18.2 Å². The van der Waals surface area contributed by atoms with E-state index >= 15 is 0 Å². The number of carbonyl (C=O) groups is 1. The Morgan fingerprint density at radius 2 is 2.36 bits per heavy atom. The van der Waals surface area contributed by atoms with Crippen molar-refractivity contribution >= 4 is 38.3 Å². The number of aryl methyl sites for hydroxylation is 1. The minimum absolute atomic E-state index is 0.0268. The number of nitrogens with zero attached hydrogens (tertiary/aromatic N) is 2. The molecule has 0 radical (unpaired) electrons. The Bertz CT molecular complexity index is 303. The second-order valence-corrected chi connectivity index (χ2v) is 4.59. The molecular formula is C8H12BrN3OS. The van der Waals surface area contributed by atoms with Crippen LogP contribution in [0.4, 0.5) is 5.13 Å². The van der Waals surface area contributed by atoms with E-state index in [4.69, 9.17) is 0 Å². The summed E-state index contributed by atoms with van der Waals surface area (Å²) < 4.78 is 0. The summed E-state index contributed by atoms with van der Waals surface area (Å²) in [6, 6.07) is 0. The normalized spacial score (nSPS) is 10.1. The molecule has 0 fully saturated rings. The fourth-order valence-corrected chi connectivity index (χ4v) is 2.10. The van der Waals surface area contributed by atoms with Gasteiger partial charge in [-0.1, -0.05) is 34.2 Å². The molecule has 1 aromatic rings. The Morgan fingerprint density at radius 1 is 1.57 bits per heavy atom. The van der Waals surface area contributed by atoms with Crippen LogP contribution in [0.5, 0.6) is 0 Å². The third kappa shape index (κ3) is 3.71. The van der Waals surface area contributed by atoms with Gasteiger partial charge in [-0.25, -0.2) is 0 Å². The van der Waals surface area contributed by atoms with Gasteiger partial charge in [0.15, 0.2) is 0 Å². The van der Waals surface area contributed by atoms with Gasteiger partial charge in [0.25, 0.3) is 0 Å². The lowest BCUT2D eigenvalue weighted by Gasteiger charge is -1.96. The molecule has 0 aliphatic rings. The summed E-state index contributed by atoms with van der Waals surface area (Å²) in [5, 5.41) is 12.8. The number of halogens is 1. The number of rotatable bonds is 5. The predicted molar refractivity (Wildman–Crippen MR) is 60.9 cm³/mol. The van der Waals surface area contributed by atoms with Crippen molar-refractivity contribution in [1.29, 1.82) is 0 Å². The predicted octanol–water partition coefficient (Wildman–Crippen LogP) is 2.21. The summed E-state index contributed by atoms with van der Waals surface area (Å²) in [5.74, 6) is -0.0268. The second-order valence-electron chi connectivity index (χ2n) is 2.74. The first-order valence-electron chi connectivity index (χ1n) is 4.44. The molecule has 0 bridgehead atoms. The maximum atomic E-state index is 11.2. The molecule has 0 saturated heterocycles. The first-order chi connectivity index (χ1) is 6.76. The molecule has 1 aromatic heterocycles. The first kappa shape index (κ1) is 11.6. The Balaban J connectivity index is 2.46. The lowest BCUT2D eigenvalue weighted by Crippen LogP contribution is -2.11. The topological polar surface area (TPSA) is 54.9 Å². The van der Waals surface area contributed by atoms with E-state index in [1.165, 1.54) is 11.3 Å². The summed E-state index contributed by atoms with van der Waals surface area (Å²) in [5.41, 5.74) is 0. The van der Waals surface area contributed by atoms with Crippen molar-refractivity contribution in [2.75, 3.05) is 10.6 Å². The van der Waals surface area contributed by atoms with Gasteiger partial charge >= 0.3 is 0 Å². The van der Waals surface area contributed by atoms with Crippen molar-refractivity contribution in [3.8, 4) is 0 Å². The molecular weight excluding hydrogens is 266 g/mol. The van der Waals surface area contributed by atoms with Crippen LogP contribution in [0.3, 0.4) is 0 Å². The molecule has 1 heterocycles. The molecule has 1 N–H and O–H groups in total. The minimum Gasteiger partial charge on any atom is -0.301 e. The van der Waals surface area contributed by atoms with Crippen LogP contribution in [-0.2, 0) is 11.2 Å². The summed E-state index contributed by atoms with van der Waals surface area (Å²) in [4.78, 5) is 11.2. The monoisotopic (exact) mass is 277 g/mol. The average Bonchev–Trinajstić information content (AvgIpc) is 2.53. The molecule has 6 heteroatoms. The summed E-state index contributed by atoms with van der Waals surface area (Å²) in [6.45, 7) is 2.09. The van der Waals surface area contributed by atoms with E-state index in [1.54, 1.807) is 0 Å². The molecule has 14 heavy (non-hydrogen) atoms. The van der Waals surface area contributed by atoms with Crippen LogP contribution in [0.25, 0.3) is 0 Å². The largest absolute Gasteiger partial charge is 0.301 e. The highest BCUT2D eigenvalue weighted by Crippen LogP contribution is 2.16. The fourth-order valence-electron chi connectivity index (χ4n) is 0.887. The Hall–Kier alpha value is -0.490. The molecule has 0 aliphatic carbocycles. The van der Waals surface area contributed by atoms with E-state index in [1.807, 2.05) is 0 Å². The van der Waals surface area contributed by atoms with Crippen LogP contribution in [-0.4, -0.2) is 21.4 Å². The Morgan fingerprint density at radius 3 is 3.00 bits per heavy atom.